The Hall–Kier alpha value is -3.98. The van der Waals surface area contributed by atoms with Gasteiger partial charge in [0.15, 0.2) is 0 Å². The molecule has 4 aromatic rings. The number of rotatable bonds is 9. The number of ether oxygens (including phenoxy) is 1. The first-order valence-electron chi connectivity index (χ1n) is 12.1. The monoisotopic (exact) mass is 487 g/mol. The van der Waals surface area contributed by atoms with E-state index in [1.165, 1.54) is 0 Å². The van der Waals surface area contributed by atoms with Gasteiger partial charge in [0.2, 0.25) is 11.8 Å². The van der Waals surface area contributed by atoms with Gasteiger partial charge in [-0.1, -0.05) is 47.2 Å². The minimum absolute atomic E-state index is 0.0108. The summed E-state index contributed by atoms with van der Waals surface area (Å²) in [6.07, 6.45) is 3.44. The summed E-state index contributed by atoms with van der Waals surface area (Å²) < 4.78 is 12.8. The van der Waals surface area contributed by atoms with E-state index in [1.807, 2.05) is 55.5 Å². The van der Waals surface area contributed by atoms with E-state index in [1.54, 1.807) is 28.0 Å². The summed E-state index contributed by atoms with van der Waals surface area (Å²) in [5.41, 5.74) is 3.23. The van der Waals surface area contributed by atoms with Gasteiger partial charge in [-0.25, -0.2) is 4.68 Å². The molecule has 0 saturated carbocycles. The maximum absolute atomic E-state index is 13.8. The lowest BCUT2D eigenvalue weighted by atomic mass is 10.0. The average molecular weight is 488 g/mol. The van der Waals surface area contributed by atoms with Crippen LogP contribution < -0.4 is 5.32 Å². The Labute approximate surface area is 209 Å². The molecular formula is C27H29N5O4. The molecular weight excluding hydrogens is 458 g/mol. The molecule has 2 aromatic carbocycles. The number of aryl methyl sites for hydroxylation is 1. The van der Waals surface area contributed by atoms with E-state index in [-0.39, 0.29) is 31.0 Å². The number of nitrogens with one attached hydrogen (secondary N) is 1. The number of amides is 2. The molecule has 5 rings (SSSR count). The SMILES string of the molecule is Cc1ccc([C@H](C(=O)NC[C@@H]2CCCO2)N(Cc2ccco2)C(=O)Cn2nnc3ccccc32)cc1. The van der Waals surface area contributed by atoms with Gasteiger partial charge in [-0.15, -0.1) is 5.10 Å². The number of benzene rings is 2. The standard InChI is InChI=1S/C27H29N5O4/c1-19-10-12-20(13-11-19)26(27(34)28-16-21-6-4-14-35-21)31(17-22-7-5-15-36-22)25(33)18-32-24-9-3-2-8-23(24)29-30-32/h2-3,5,7-13,15,21,26H,4,6,14,16-18H2,1H3,(H,28,34)/t21-,26+/m0/s1. The summed E-state index contributed by atoms with van der Waals surface area (Å²) in [6, 6.07) is 17.8. The maximum atomic E-state index is 13.8. The number of furan rings is 1. The van der Waals surface area contributed by atoms with Crippen LogP contribution in [0.3, 0.4) is 0 Å². The Morgan fingerprint density at radius 3 is 2.72 bits per heavy atom. The van der Waals surface area contributed by atoms with Crippen LogP contribution in [0.15, 0.2) is 71.3 Å². The number of para-hydroxylation sites is 1. The molecule has 3 heterocycles. The van der Waals surface area contributed by atoms with Crippen molar-refractivity contribution in [3.05, 3.63) is 83.8 Å². The molecule has 2 amide bonds. The molecule has 0 aliphatic carbocycles. The summed E-state index contributed by atoms with van der Waals surface area (Å²) in [6.45, 7) is 3.15. The second kappa shape index (κ2) is 10.7. The van der Waals surface area contributed by atoms with Gasteiger partial charge in [-0.2, -0.15) is 0 Å². The van der Waals surface area contributed by atoms with Crippen molar-refractivity contribution in [1.82, 2.24) is 25.2 Å². The quantitative estimate of drug-likeness (QED) is 0.388. The molecule has 0 radical (unpaired) electrons. The first kappa shape index (κ1) is 23.7. The molecule has 0 unspecified atom stereocenters. The molecule has 2 atom stereocenters. The van der Waals surface area contributed by atoms with E-state index in [0.717, 1.165) is 23.9 Å². The number of carbonyl (C=O) groups is 2. The van der Waals surface area contributed by atoms with Crippen molar-refractivity contribution in [3.8, 4) is 0 Å². The van der Waals surface area contributed by atoms with E-state index in [9.17, 15) is 9.59 Å². The number of aromatic nitrogens is 3. The van der Waals surface area contributed by atoms with Gasteiger partial charge in [0.1, 0.15) is 23.9 Å². The molecule has 36 heavy (non-hydrogen) atoms. The molecule has 1 fully saturated rings. The van der Waals surface area contributed by atoms with Crippen molar-refractivity contribution in [2.45, 2.75) is 45.0 Å². The summed E-state index contributed by atoms with van der Waals surface area (Å²) in [5, 5.41) is 11.3. The van der Waals surface area contributed by atoms with Gasteiger partial charge in [0.25, 0.3) is 0 Å². The van der Waals surface area contributed by atoms with E-state index >= 15 is 0 Å². The fourth-order valence-electron chi connectivity index (χ4n) is 4.48. The average Bonchev–Trinajstić information content (AvgIpc) is 3.67. The lowest BCUT2D eigenvalue weighted by Gasteiger charge is -2.31. The molecule has 1 aliphatic rings. The zero-order valence-electron chi connectivity index (χ0n) is 20.2. The van der Waals surface area contributed by atoms with Gasteiger partial charge in [-0.05, 0) is 49.6 Å². The Balaban J connectivity index is 1.47. The number of hydrogen-bond acceptors (Lipinski definition) is 6. The highest BCUT2D eigenvalue weighted by Gasteiger charge is 2.33. The molecule has 0 spiro atoms. The fraction of sp³-hybridized carbons (Fsp3) is 0.333. The van der Waals surface area contributed by atoms with Crippen LogP contribution in [-0.2, 0) is 27.4 Å². The minimum Gasteiger partial charge on any atom is -0.467 e. The van der Waals surface area contributed by atoms with Crippen molar-refractivity contribution >= 4 is 22.8 Å². The summed E-state index contributed by atoms with van der Waals surface area (Å²) in [4.78, 5) is 29.0. The van der Waals surface area contributed by atoms with Gasteiger partial charge >= 0.3 is 0 Å². The zero-order valence-corrected chi connectivity index (χ0v) is 20.2. The number of hydrogen-bond donors (Lipinski definition) is 1. The van der Waals surface area contributed by atoms with Gasteiger partial charge in [0.05, 0.1) is 24.4 Å². The number of fused-ring (bicyclic) bond motifs is 1. The van der Waals surface area contributed by atoms with Crippen molar-refractivity contribution in [1.29, 1.82) is 0 Å². The zero-order chi connectivity index (χ0) is 24.9. The van der Waals surface area contributed by atoms with Crippen molar-refractivity contribution in [2.24, 2.45) is 0 Å². The smallest absolute Gasteiger partial charge is 0.247 e. The molecule has 9 heteroatoms. The van der Waals surface area contributed by atoms with E-state index in [2.05, 4.69) is 15.6 Å². The molecule has 1 N–H and O–H groups in total. The number of nitrogens with zero attached hydrogens (tertiary/aromatic N) is 4. The molecule has 2 aromatic heterocycles. The van der Waals surface area contributed by atoms with Crippen LogP contribution in [0.2, 0.25) is 0 Å². The van der Waals surface area contributed by atoms with Crippen LogP contribution in [0, 0.1) is 6.92 Å². The predicted molar refractivity (Wildman–Crippen MR) is 133 cm³/mol. The fourth-order valence-corrected chi connectivity index (χ4v) is 4.48. The predicted octanol–water partition coefficient (Wildman–Crippen LogP) is 3.40. The summed E-state index contributed by atoms with van der Waals surface area (Å²) >= 11 is 0. The van der Waals surface area contributed by atoms with Crippen LogP contribution in [0.25, 0.3) is 11.0 Å². The summed E-state index contributed by atoms with van der Waals surface area (Å²) in [7, 11) is 0. The lowest BCUT2D eigenvalue weighted by molar-refractivity contribution is -0.142. The topological polar surface area (TPSA) is 102 Å². The van der Waals surface area contributed by atoms with Gasteiger partial charge in [0, 0.05) is 13.2 Å². The van der Waals surface area contributed by atoms with Crippen molar-refractivity contribution < 1.29 is 18.7 Å². The Kier molecular flexibility index (Phi) is 7.08. The molecule has 0 bridgehead atoms. The van der Waals surface area contributed by atoms with Crippen molar-refractivity contribution in [3.63, 3.8) is 0 Å². The highest BCUT2D eigenvalue weighted by atomic mass is 16.5. The van der Waals surface area contributed by atoms with Crippen LogP contribution in [0.1, 0.15) is 35.8 Å². The van der Waals surface area contributed by atoms with Gasteiger partial charge in [-0.3, -0.25) is 9.59 Å². The highest BCUT2D eigenvalue weighted by molar-refractivity contribution is 5.89. The molecule has 1 saturated heterocycles. The second-order valence-electron chi connectivity index (χ2n) is 9.03. The van der Waals surface area contributed by atoms with Gasteiger partial charge < -0.3 is 19.4 Å². The van der Waals surface area contributed by atoms with E-state index in [4.69, 9.17) is 9.15 Å². The van der Waals surface area contributed by atoms with E-state index in [0.29, 0.717) is 30.0 Å². The van der Waals surface area contributed by atoms with E-state index < -0.39 is 6.04 Å². The summed E-state index contributed by atoms with van der Waals surface area (Å²) in [5.74, 6) is 0.0356. The van der Waals surface area contributed by atoms with Crippen LogP contribution in [0.4, 0.5) is 0 Å². The molecule has 9 nitrogen and oxygen atoms in total. The Morgan fingerprint density at radius 2 is 1.97 bits per heavy atom. The highest BCUT2D eigenvalue weighted by Crippen LogP contribution is 2.26. The first-order chi connectivity index (χ1) is 17.6. The van der Waals surface area contributed by atoms with Crippen LogP contribution in [0.5, 0.6) is 0 Å². The normalized spacial score (nSPS) is 16.2. The second-order valence-corrected chi connectivity index (χ2v) is 9.03. The number of carbonyl (C=O) groups excluding carboxylic acids is 2. The molecule has 1 aliphatic heterocycles. The third-order valence-corrected chi connectivity index (χ3v) is 6.41. The maximum Gasteiger partial charge on any atom is 0.247 e. The van der Waals surface area contributed by atoms with Crippen molar-refractivity contribution in [2.75, 3.05) is 13.2 Å². The Morgan fingerprint density at radius 1 is 1.14 bits per heavy atom. The third kappa shape index (κ3) is 5.31. The van der Waals surface area contributed by atoms with Crippen LogP contribution >= 0.6 is 0 Å². The lowest BCUT2D eigenvalue weighted by Crippen LogP contribution is -2.46. The Bertz CT molecular complexity index is 1310. The minimum atomic E-state index is -0.862. The first-order valence-corrected chi connectivity index (χ1v) is 12.1. The molecule has 186 valence electrons. The third-order valence-electron chi connectivity index (χ3n) is 6.41. The largest absolute Gasteiger partial charge is 0.467 e. The van der Waals surface area contributed by atoms with Crippen LogP contribution in [-0.4, -0.2) is 51.0 Å².